The second-order valence-electron chi connectivity index (χ2n) is 3.97. The maximum atomic E-state index is 12.0. The number of hydrogen-bond acceptors (Lipinski definition) is 3. The van der Waals surface area contributed by atoms with E-state index in [1.807, 2.05) is 38.2 Å². The highest BCUT2D eigenvalue weighted by Gasteiger charge is 2.12. The van der Waals surface area contributed by atoms with Crippen molar-refractivity contribution in [3.8, 4) is 0 Å². The number of benzene rings is 1. The van der Waals surface area contributed by atoms with E-state index in [-0.39, 0.29) is 5.78 Å². The fourth-order valence-electron chi connectivity index (χ4n) is 1.68. The van der Waals surface area contributed by atoms with Crippen molar-refractivity contribution in [3.63, 3.8) is 0 Å². The number of nitrogens with one attached hydrogen (secondary N) is 1. The normalized spacial score (nSPS) is 10.5. The largest absolute Gasteiger partial charge is 0.458 e. The summed E-state index contributed by atoms with van der Waals surface area (Å²) in [6, 6.07) is 11.0. The lowest BCUT2D eigenvalue weighted by Gasteiger charge is -2.01. The lowest BCUT2D eigenvalue weighted by atomic mass is 10.1. The number of ketones is 1. The van der Waals surface area contributed by atoms with Crippen molar-refractivity contribution in [1.82, 2.24) is 5.32 Å². The van der Waals surface area contributed by atoms with Gasteiger partial charge in [-0.25, -0.2) is 0 Å². The van der Waals surface area contributed by atoms with E-state index in [0.717, 1.165) is 17.9 Å². The molecule has 0 spiro atoms. The topological polar surface area (TPSA) is 42.2 Å². The molecule has 17 heavy (non-hydrogen) atoms. The zero-order valence-electron chi connectivity index (χ0n) is 9.99. The van der Waals surface area contributed by atoms with Crippen molar-refractivity contribution in [2.75, 3.05) is 7.05 Å². The van der Waals surface area contributed by atoms with Crippen molar-refractivity contribution < 1.29 is 9.21 Å². The van der Waals surface area contributed by atoms with Crippen LogP contribution in [-0.2, 0) is 6.54 Å². The molecule has 2 rings (SSSR count). The molecule has 0 unspecified atom stereocenters. The van der Waals surface area contributed by atoms with Crippen LogP contribution >= 0.6 is 0 Å². The monoisotopic (exact) mass is 229 g/mol. The van der Waals surface area contributed by atoms with Crippen LogP contribution < -0.4 is 5.32 Å². The molecule has 0 bridgehead atoms. The molecule has 0 saturated carbocycles. The second kappa shape index (κ2) is 4.97. The van der Waals surface area contributed by atoms with E-state index in [1.54, 1.807) is 12.1 Å². The van der Waals surface area contributed by atoms with Gasteiger partial charge in [-0.15, -0.1) is 0 Å². The minimum absolute atomic E-state index is 0.0749. The summed E-state index contributed by atoms with van der Waals surface area (Å²) in [5.41, 5.74) is 1.80. The second-order valence-corrected chi connectivity index (χ2v) is 3.97. The van der Waals surface area contributed by atoms with E-state index in [2.05, 4.69) is 5.32 Å². The van der Waals surface area contributed by atoms with Crippen LogP contribution in [0.25, 0.3) is 0 Å². The van der Waals surface area contributed by atoms with Gasteiger partial charge >= 0.3 is 0 Å². The Labute approximate surface area is 100 Å². The molecular formula is C14H15NO2. The smallest absolute Gasteiger partial charge is 0.228 e. The minimum atomic E-state index is -0.0749. The van der Waals surface area contributed by atoms with Crippen LogP contribution in [0.3, 0.4) is 0 Å². The van der Waals surface area contributed by atoms with Crippen LogP contribution in [-0.4, -0.2) is 12.8 Å². The average molecular weight is 229 g/mol. The summed E-state index contributed by atoms with van der Waals surface area (Å²) in [6.07, 6.45) is 0. The third-order valence-corrected chi connectivity index (χ3v) is 2.56. The lowest BCUT2D eigenvalue weighted by Crippen LogP contribution is -2.05. The van der Waals surface area contributed by atoms with E-state index in [0.29, 0.717) is 11.3 Å². The molecule has 0 fully saturated rings. The molecule has 0 aliphatic heterocycles. The highest BCUT2D eigenvalue weighted by atomic mass is 16.3. The number of carbonyl (C=O) groups excluding carboxylic acids is 1. The van der Waals surface area contributed by atoms with Crippen LogP contribution in [0.15, 0.2) is 40.8 Å². The van der Waals surface area contributed by atoms with Crippen molar-refractivity contribution in [2.45, 2.75) is 13.5 Å². The van der Waals surface area contributed by atoms with Crippen LogP contribution in [0.4, 0.5) is 0 Å². The Morgan fingerprint density at radius 1 is 1.18 bits per heavy atom. The van der Waals surface area contributed by atoms with E-state index < -0.39 is 0 Å². The average Bonchev–Trinajstić information content (AvgIpc) is 2.76. The first kappa shape index (κ1) is 11.6. The number of aryl methyl sites for hydroxylation is 1. The molecule has 0 aliphatic carbocycles. The van der Waals surface area contributed by atoms with Crippen molar-refractivity contribution in [1.29, 1.82) is 0 Å². The van der Waals surface area contributed by atoms with E-state index in [1.165, 1.54) is 0 Å². The van der Waals surface area contributed by atoms with Gasteiger partial charge in [-0.1, -0.05) is 24.3 Å². The first-order chi connectivity index (χ1) is 8.20. The fourth-order valence-corrected chi connectivity index (χ4v) is 1.68. The number of hydrogen-bond donors (Lipinski definition) is 1. The summed E-state index contributed by atoms with van der Waals surface area (Å²) in [7, 11) is 1.89. The van der Waals surface area contributed by atoms with Gasteiger partial charge in [-0.2, -0.15) is 0 Å². The summed E-state index contributed by atoms with van der Waals surface area (Å²) in [5.74, 6) is 1.07. The van der Waals surface area contributed by atoms with Gasteiger partial charge in [0.25, 0.3) is 0 Å². The quantitative estimate of drug-likeness (QED) is 0.819. The third kappa shape index (κ3) is 2.63. The van der Waals surface area contributed by atoms with E-state index in [4.69, 9.17) is 4.42 Å². The van der Waals surface area contributed by atoms with Gasteiger partial charge in [0, 0.05) is 12.1 Å². The Morgan fingerprint density at radius 3 is 2.41 bits per heavy atom. The number of furan rings is 1. The van der Waals surface area contributed by atoms with Crippen molar-refractivity contribution in [3.05, 3.63) is 59.0 Å². The van der Waals surface area contributed by atoms with Gasteiger partial charge in [-0.3, -0.25) is 4.79 Å². The maximum absolute atomic E-state index is 12.0. The highest BCUT2D eigenvalue weighted by Crippen LogP contribution is 2.13. The Balaban J connectivity index is 2.20. The van der Waals surface area contributed by atoms with Gasteiger partial charge in [0.05, 0.1) is 0 Å². The standard InChI is InChI=1S/C14H15NO2/c1-10-3-8-13(17-10)14(16)12-6-4-11(5-7-12)9-15-2/h3-8,15H,9H2,1-2H3. The summed E-state index contributed by atoms with van der Waals surface area (Å²) in [4.78, 5) is 12.0. The van der Waals surface area contributed by atoms with Crippen molar-refractivity contribution >= 4 is 5.78 Å². The first-order valence-corrected chi connectivity index (χ1v) is 5.55. The van der Waals surface area contributed by atoms with Crippen LogP contribution in [0, 0.1) is 6.92 Å². The molecule has 0 amide bonds. The van der Waals surface area contributed by atoms with Gasteiger partial charge < -0.3 is 9.73 Å². The molecule has 0 atom stereocenters. The molecule has 0 radical (unpaired) electrons. The molecule has 1 aromatic carbocycles. The fraction of sp³-hybridized carbons (Fsp3) is 0.214. The Hall–Kier alpha value is -1.87. The van der Waals surface area contributed by atoms with Crippen LogP contribution in [0.1, 0.15) is 27.4 Å². The predicted octanol–water partition coefficient (Wildman–Crippen LogP) is 2.54. The maximum Gasteiger partial charge on any atom is 0.228 e. The first-order valence-electron chi connectivity index (χ1n) is 5.55. The molecule has 88 valence electrons. The van der Waals surface area contributed by atoms with Gasteiger partial charge in [0.2, 0.25) is 5.78 Å². The molecule has 3 heteroatoms. The summed E-state index contributed by atoms with van der Waals surface area (Å²) < 4.78 is 5.32. The van der Waals surface area contributed by atoms with Gasteiger partial charge in [0.15, 0.2) is 5.76 Å². The number of rotatable bonds is 4. The Kier molecular flexibility index (Phi) is 3.40. The van der Waals surface area contributed by atoms with E-state index in [9.17, 15) is 4.79 Å². The molecule has 1 N–H and O–H groups in total. The Morgan fingerprint density at radius 2 is 1.88 bits per heavy atom. The molecule has 0 aliphatic rings. The van der Waals surface area contributed by atoms with Crippen LogP contribution in [0.5, 0.6) is 0 Å². The zero-order valence-corrected chi connectivity index (χ0v) is 9.99. The van der Waals surface area contributed by atoms with E-state index >= 15 is 0 Å². The van der Waals surface area contributed by atoms with Gasteiger partial charge in [-0.05, 0) is 31.7 Å². The van der Waals surface area contributed by atoms with Crippen molar-refractivity contribution in [2.24, 2.45) is 0 Å². The third-order valence-electron chi connectivity index (χ3n) is 2.56. The number of carbonyl (C=O) groups is 1. The summed E-state index contributed by atoms with van der Waals surface area (Å²) in [6.45, 7) is 2.63. The zero-order chi connectivity index (χ0) is 12.3. The SMILES string of the molecule is CNCc1ccc(C(=O)c2ccc(C)o2)cc1. The highest BCUT2D eigenvalue weighted by molar-refractivity contribution is 6.07. The molecule has 1 aromatic heterocycles. The summed E-state index contributed by atoms with van der Waals surface area (Å²) >= 11 is 0. The molecule has 2 aromatic rings. The molecule has 1 heterocycles. The minimum Gasteiger partial charge on any atom is -0.458 e. The Bertz CT molecular complexity index is 511. The van der Waals surface area contributed by atoms with Gasteiger partial charge in [0.1, 0.15) is 5.76 Å². The lowest BCUT2D eigenvalue weighted by molar-refractivity contribution is 0.101. The molecule has 0 saturated heterocycles. The van der Waals surface area contributed by atoms with Crippen LogP contribution in [0.2, 0.25) is 0 Å². The molecular weight excluding hydrogens is 214 g/mol. The molecule has 3 nitrogen and oxygen atoms in total. The predicted molar refractivity (Wildman–Crippen MR) is 66.1 cm³/mol. The summed E-state index contributed by atoms with van der Waals surface area (Å²) in [5, 5.41) is 3.06.